The Kier molecular flexibility index (Phi) is 4.96. The molecule has 1 aliphatic heterocycles. The predicted octanol–water partition coefficient (Wildman–Crippen LogP) is 2.76. The average Bonchev–Trinajstić information content (AvgIpc) is 2.59. The summed E-state index contributed by atoms with van der Waals surface area (Å²) in [5.74, 6) is 1.55. The van der Waals surface area contributed by atoms with E-state index in [-0.39, 0.29) is 17.2 Å². The number of fused-ring (bicyclic) bond motifs is 1. The molecule has 2 aliphatic rings. The summed E-state index contributed by atoms with van der Waals surface area (Å²) < 4.78 is 11.3. The number of hydrogen-bond donors (Lipinski definition) is 2. The van der Waals surface area contributed by atoms with Crippen LogP contribution in [0, 0.1) is 5.92 Å². The standard InChI is InChI=1S/C20H30N2O3/c1-19(2,14-7-8-16-17(12-14)25-11-10-24-16)13-22-18(23)15-6-4-5-9-20(15,3)21/h7-8,12,15H,4-6,9-11,13,21H2,1-3H3,(H,22,23). The quantitative estimate of drug-likeness (QED) is 0.879. The summed E-state index contributed by atoms with van der Waals surface area (Å²) >= 11 is 0. The number of rotatable bonds is 4. The molecule has 1 aromatic carbocycles. The van der Waals surface area contributed by atoms with Crippen LogP contribution in [0.3, 0.4) is 0 Å². The van der Waals surface area contributed by atoms with Crippen molar-refractivity contribution in [2.24, 2.45) is 11.7 Å². The topological polar surface area (TPSA) is 73.6 Å². The third-order valence-corrected chi connectivity index (χ3v) is 5.60. The lowest BCUT2D eigenvalue weighted by Crippen LogP contribution is -2.54. The third kappa shape index (κ3) is 3.92. The lowest BCUT2D eigenvalue weighted by molar-refractivity contribution is -0.128. The largest absolute Gasteiger partial charge is 0.486 e. The fraction of sp³-hybridized carbons (Fsp3) is 0.650. The van der Waals surface area contributed by atoms with E-state index in [1.165, 1.54) is 0 Å². The Hall–Kier alpha value is -1.75. The van der Waals surface area contributed by atoms with Crippen LogP contribution in [0.1, 0.15) is 52.0 Å². The van der Waals surface area contributed by atoms with Crippen LogP contribution in [0.4, 0.5) is 0 Å². The zero-order valence-corrected chi connectivity index (χ0v) is 15.6. The van der Waals surface area contributed by atoms with Crippen molar-refractivity contribution >= 4 is 5.91 Å². The molecule has 1 fully saturated rings. The molecule has 2 atom stereocenters. The molecule has 0 bridgehead atoms. The molecular formula is C20H30N2O3. The van der Waals surface area contributed by atoms with E-state index in [1.807, 2.05) is 25.1 Å². The van der Waals surface area contributed by atoms with Gasteiger partial charge in [0.25, 0.3) is 0 Å². The fourth-order valence-corrected chi connectivity index (χ4v) is 3.79. The molecule has 1 saturated carbocycles. The van der Waals surface area contributed by atoms with Gasteiger partial charge in [-0.2, -0.15) is 0 Å². The number of nitrogens with two attached hydrogens (primary N) is 1. The molecule has 0 saturated heterocycles. The van der Waals surface area contributed by atoms with Gasteiger partial charge < -0.3 is 20.5 Å². The van der Waals surface area contributed by atoms with E-state index < -0.39 is 5.54 Å². The maximum Gasteiger partial charge on any atom is 0.224 e. The summed E-state index contributed by atoms with van der Waals surface area (Å²) in [6.45, 7) is 7.98. The summed E-state index contributed by atoms with van der Waals surface area (Å²) in [5, 5.41) is 3.14. The molecule has 5 heteroatoms. The highest BCUT2D eigenvalue weighted by atomic mass is 16.6. The Labute approximate surface area is 150 Å². The first-order valence-electron chi connectivity index (χ1n) is 9.26. The number of carbonyl (C=O) groups excluding carboxylic acids is 1. The van der Waals surface area contributed by atoms with Crippen LogP contribution in [-0.2, 0) is 10.2 Å². The number of ether oxygens (including phenoxy) is 2. The Balaban J connectivity index is 1.66. The first kappa shape index (κ1) is 18.1. The summed E-state index contributed by atoms with van der Waals surface area (Å²) in [5.41, 5.74) is 6.88. The smallest absolute Gasteiger partial charge is 0.224 e. The van der Waals surface area contributed by atoms with Gasteiger partial charge in [0.05, 0.1) is 5.92 Å². The van der Waals surface area contributed by atoms with E-state index in [4.69, 9.17) is 15.2 Å². The number of hydrogen-bond acceptors (Lipinski definition) is 4. The van der Waals surface area contributed by atoms with Crippen molar-refractivity contribution in [2.45, 2.75) is 57.4 Å². The van der Waals surface area contributed by atoms with Crippen molar-refractivity contribution in [1.29, 1.82) is 0 Å². The van der Waals surface area contributed by atoms with E-state index in [9.17, 15) is 4.79 Å². The normalized spacial score (nSPS) is 26.2. The van der Waals surface area contributed by atoms with Crippen LogP contribution in [0.2, 0.25) is 0 Å². The Morgan fingerprint density at radius 2 is 2.00 bits per heavy atom. The molecule has 1 amide bonds. The maximum atomic E-state index is 12.7. The van der Waals surface area contributed by atoms with Gasteiger partial charge in [0, 0.05) is 17.5 Å². The molecule has 1 aromatic rings. The van der Waals surface area contributed by atoms with E-state index >= 15 is 0 Å². The van der Waals surface area contributed by atoms with Crippen molar-refractivity contribution in [3.63, 3.8) is 0 Å². The van der Waals surface area contributed by atoms with Crippen molar-refractivity contribution < 1.29 is 14.3 Å². The van der Waals surface area contributed by atoms with E-state index in [0.717, 1.165) is 42.7 Å². The lowest BCUT2D eigenvalue weighted by Gasteiger charge is -2.38. The third-order valence-electron chi connectivity index (χ3n) is 5.60. The SMILES string of the molecule is CC(C)(CNC(=O)C1CCCCC1(C)N)c1ccc2c(c1)OCCO2. The monoisotopic (exact) mass is 346 g/mol. The second-order valence-electron chi connectivity index (χ2n) is 8.26. The molecule has 2 unspecified atom stereocenters. The van der Waals surface area contributed by atoms with Crippen LogP contribution in [0.5, 0.6) is 11.5 Å². The zero-order chi connectivity index (χ0) is 18.1. The van der Waals surface area contributed by atoms with Gasteiger partial charge >= 0.3 is 0 Å². The molecule has 25 heavy (non-hydrogen) atoms. The van der Waals surface area contributed by atoms with Gasteiger partial charge in [-0.15, -0.1) is 0 Å². The van der Waals surface area contributed by atoms with Gasteiger partial charge in [0.1, 0.15) is 13.2 Å². The zero-order valence-electron chi connectivity index (χ0n) is 15.6. The molecule has 0 aromatic heterocycles. The van der Waals surface area contributed by atoms with E-state index in [0.29, 0.717) is 19.8 Å². The Bertz CT molecular complexity index is 640. The van der Waals surface area contributed by atoms with Gasteiger partial charge in [-0.3, -0.25) is 4.79 Å². The summed E-state index contributed by atoms with van der Waals surface area (Å²) in [4.78, 5) is 12.7. The minimum Gasteiger partial charge on any atom is -0.486 e. The van der Waals surface area contributed by atoms with Gasteiger partial charge in [-0.1, -0.05) is 32.8 Å². The highest BCUT2D eigenvalue weighted by molar-refractivity contribution is 5.80. The van der Waals surface area contributed by atoms with Gasteiger partial charge in [-0.25, -0.2) is 0 Å². The average molecular weight is 346 g/mol. The van der Waals surface area contributed by atoms with Gasteiger partial charge in [-0.05, 0) is 37.5 Å². The van der Waals surface area contributed by atoms with Crippen molar-refractivity contribution in [1.82, 2.24) is 5.32 Å². The molecule has 3 rings (SSSR count). The first-order chi connectivity index (χ1) is 11.8. The van der Waals surface area contributed by atoms with Crippen molar-refractivity contribution in [3.8, 4) is 11.5 Å². The highest BCUT2D eigenvalue weighted by Crippen LogP contribution is 2.35. The maximum absolute atomic E-state index is 12.7. The van der Waals surface area contributed by atoms with Crippen LogP contribution in [0.25, 0.3) is 0 Å². The van der Waals surface area contributed by atoms with Crippen molar-refractivity contribution in [2.75, 3.05) is 19.8 Å². The number of carbonyl (C=O) groups is 1. The second-order valence-corrected chi connectivity index (χ2v) is 8.26. The minimum absolute atomic E-state index is 0.0790. The molecule has 5 nitrogen and oxygen atoms in total. The molecule has 138 valence electrons. The molecule has 3 N–H and O–H groups in total. The first-order valence-corrected chi connectivity index (χ1v) is 9.26. The predicted molar refractivity (Wildman–Crippen MR) is 98.0 cm³/mol. The molecule has 1 heterocycles. The highest BCUT2D eigenvalue weighted by Gasteiger charge is 2.38. The lowest BCUT2D eigenvalue weighted by atomic mass is 9.74. The fourth-order valence-electron chi connectivity index (χ4n) is 3.79. The summed E-state index contributed by atoms with van der Waals surface area (Å²) in [7, 11) is 0. The van der Waals surface area contributed by atoms with Crippen LogP contribution in [-0.4, -0.2) is 31.2 Å². The summed E-state index contributed by atoms with van der Waals surface area (Å²) in [6, 6.07) is 6.02. The molecule has 0 spiro atoms. The van der Waals surface area contributed by atoms with Gasteiger partial charge in [0.2, 0.25) is 5.91 Å². The Morgan fingerprint density at radius 3 is 2.72 bits per heavy atom. The van der Waals surface area contributed by atoms with Crippen LogP contribution in [0.15, 0.2) is 18.2 Å². The van der Waals surface area contributed by atoms with E-state index in [1.54, 1.807) is 0 Å². The van der Waals surface area contributed by atoms with Crippen LogP contribution < -0.4 is 20.5 Å². The minimum atomic E-state index is -0.399. The van der Waals surface area contributed by atoms with Gasteiger partial charge in [0.15, 0.2) is 11.5 Å². The number of benzene rings is 1. The Morgan fingerprint density at radius 1 is 1.28 bits per heavy atom. The number of nitrogens with one attached hydrogen (secondary N) is 1. The number of amides is 1. The second kappa shape index (κ2) is 6.87. The van der Waals surface area contributed by atoms with Crippen molar-refractivity contribution in [3.05, 3.63) is 23.8 Å². The van der Waals surface area contributed by atoms with E-state index in [2.05, 4.69) is 19.2 Å². The molecule has 0 radical (unpaired) electrons. The van der Waals surface area contributed by atoms with Crippen LogP contribution >= 0.6 is 0 Å². The molecular weight excluding hydrogens is 316 g/mol. The molecule has 1 aliphatic carbocycles. The summed E-state index contributed by atoms with van der Waals surface area (Å²) in [6.07, 6.45) is 3.98.